The van der Waals surface area contributed by atoms with Gasteiger partial charge in [0.25, 0.3) is 0 Å². The summed E-state index contributed by atoms with van der Waals surface area (Å²) < 4.78 is 1.64. The zero-order valence-corrected chi connectivity index (χ0v) is 7.88. The van der Waals surface area contributed by atoms with E-state index in [2.05, 4.69) is 20.4 Å². The molecule has 0 unspecified atom stereocenters. The van der Waals surface area contributed by atoms with E-state index in [0.29, 0.717) is 0 Å². The minimum atomic E-state index is 0.753. The second-order valence-corrected chi connectivity index (χ2v) is 2.86. The molecule has 0 amide bonds. The van der Waals surface area contributed by atoms with E-state index in [-0.39, 0.29) is 0 Å². The van der Waals surface area contributed by atoms with Gasteiger partial charge in [-0.05, 0) is 19.2 Å². The van der Waals surface area contributed by atoms with Crippen LogP contribution in [-0.2, 0) is 6.54 Å². The number of hydrogen-bond donors (Lipinski definition) is 1. The van der Waals surface area contributed by atoms with E-state index in [1.807, 2.05) is 25.2 Å². The van der Waals surface area contributed by atoms with Gasteiger partial charge in [0.05, 0.1) is 5.69 Å². The molecule has 0 saturated carbocycles. The van der Waals surface area contributed by atoms with Crippen LogP contribution in [0.4, 0.5) is 0 Å². The third-order valence-electron chi connectivity index (χ3n) is 1.80. The molecular formula is C9H11N5. The van der Waals surface area contributed by atoms with Gasteiger partial charge in [-0.1, -0.05) is 6.07 Å². The van der Waals surface area contributed by atoms with Crippen molar-refractivity contribution in [2.24, 2.45) is 0 Å². The Balaban J connectivity index is 2.31. The van der Waals surface area contributed by atoms with Gasteiger partial charge in [0.2, 0.25) is 0 Å². The molecule has 0 aliphatic rings. The van der Waals surface area contributed by atoms with Crippen molar-refractivity contribution in [2.75, 3.05) is 7.05 Å². The molecule has 0 bridgehead atoms. The quantitative estimate of drug-likeness (QED) is 0.758. The molecule has 2 rings (SSSR count). The molecular weight excluding hydrogens is 178 g/mol. The Kier molecular flexibility index (Phi) is 2.51. The third kappa shape index (κ3) is 1.77. The lowest BCUT2D eigenvalue weighted by Gasteiger charge is -2.02. The average Bonchev–Trinajstić information content (AvgIpc) is 2.71. The van der Waals surface area contributed by atoms with Crippen LogP contribution >= 0.6 is 0 Å². The average molecular weight is 189 g/mol. The molecule has 0 aromatic carbocycles. The molecule has 5 heteroatoms. The zero-order valence-electron chi connectivity index (χ0n) is 7.88. The summed E-state index contributed by atoms with van der Waals surface area (Å²) in [4.78, 5) is 8.27. The predicted octanol–water partition coefficient (Wildman–Crippen LogP) is 0.382. The highest BCUT2D eigenvalue weighted by Gasteiger charge is 1.99. The Morgan fingerprint density at radius 2 is 2.36 bits per heavy atom. The van der Waals surface area contributed by atoms with Gasteiger partial charge in [0, 0.05) is 6.54 Å². The lowest BCUT2D eigenvalue weighted by Crippen LogP contribution is -2.08. The van der Waals surface area contributed by atoms with E-state index in [1.54, 1.807) is 11.0 Å². The normalized spacial score (nSPS) is 10.4. The van der Waals surface area contributed by atoms with Crippen molar-refractivity contribution in [3.05, 3.63) is 36.5 Å². The van der Waals surface area contributed by atoms with Crippen LogP contribution in [-0.4, -0.2) is 26.8 Å². The Morgan fingerprint density at radius 3 is 3.07 bits per heavy atom. The van der Waals surface area contributed by atoms with Gasteiger partial charge >= 0.3 is 0 Å². The SMILES string of the molecule is CNCc1cccc(-n2cncn2)n1. The molecule has 2 aromatic rings. The lowest BCUT2D eigenvalue weighted by atomic mass is 10.3. The van der Waals surface area contributed by atoms with Crippen molar-refractivity contribution in [3.8, 4) is 5.82 Å². The fourth-order valence-electron chi connectivity index (χ4n) is 1.20. The van der Waals surface area contributed by atoms with Gasteiger partial charge in [0.15, 0.2) is 5.82 Å². The van der Waals surface area contributed by atoms with Gasteiger partial charge in [-0.15, -0.1) is 0 Å². The molecule has 0 radical (unpaired) electrons. The molecule has 0 aliphatic heterocycles. The predicted molar refractivity (Wildman–Crippen MR) is 51.9 cm³/mol. The van der Waals surface area contributed by atoms with Gasteiger partial charge < -0.3 is 5.32 Å². The number of nitrogens with zero attached hydrogens (tertiary/aromatic N) is 4. The number of hydrogen-bond acceptors (Lipinski definition) is 4. The maximum Gasteiger partial charge on any atom is 0.155 e. The summed E-state index contributed by atoms with van der Waals surface area (Å²) in [5, 5.41) is 7.06. The van der Waals surface area contributed by atoms with Gasteiger partial charge in [-0.25, -0.2) is 14.6 Å². The maximum atomic E-state index is 4.40. The van der Waals surface area contributed by atoms with E-state index < -0.39 is 0 Å². The van der Waals surface area contributed by atoms with Gasteiger partial charge in [-0.2, -0.15) is 5.10 Å². The highest BCUT2D eigenvalue weighted by molar-refractivity contribution is 5.22. The van der Waals surface area contributed by atoms with Crippen molar-refractivity contribution in [1.82, 2.24) is 25.1 Å². The monoisotopic (exact) mass is 189 g/mol. The first kappa shape index (κ1) is 8.83. The second-order valence-electron chi connectivity index (χ2n) is 2.86. The third-order valence-corrected chi connectivity index (χ3v) is 1.80. The largest absolute Gasteiger partial charge is 0.314 e. The Labute approximate surface area is 81.8 Å². The van der Waals surface area contributed by atoms with Crippen LogP contribution in [0.5, 0.6) is 0 Å². The first-order valence-electron chi connectivity index (χ1n) is 4.35. The minimum absolute atomic E-state index is 0.753. The highest BCUT2D eigenvalue weighted by atomic mass is 15.3. The van der Waals surface area contributed by atoms with Crippen molar-refractivity contribution in [1.29, 1.82) is 0 Å². The molecule has 0 saturated heterocycles. The van der Waals surface area contributed by atoms with Crippen LogP contribution in [0.25, 0.3) is 5.82 Å². The molecule has 72 valence electrons. The molecule has 14 heavy (non-hydrogen) atoms. The number of aromatic nitrogens is 4. The van der Waals surface area contributed by atoms with Crippen LogP contribution in [0.1, 0.15) is 5.69 Å². The smallest absolute Gasteiger partial charge is 0.155 e. The standard InChI is InChI=1S/C9H11N5/c1-10-5-8-3-2-4-9(13-8)14-7-11-6-12-14/h2-4,6-7,10H,5H2,1H3. The molecule has 2 heterocycles. The fourth-order valence-corrected chi connectivity index (χ4v) is 1.20. The van der Waals surface area contributed by atoms with Crippen LogP contribution in [0, 0.1) is 0 Å². The summed E-state index contributed by atoms with van der Waals surface area (Å²) >= 11 is 0. The molecule has 0 fully saturated rings. The Hall–Kier alpha value is -1.75. The van der Waals surface area contributed by atoms with E-state index in [9.17, 15) is 0 Å². The lowest BCUT2D eigenvalue weighted by molar-refractivity contribution is 0.769. The summed E-state index contributed by atoms with van der Waals surface area (Å²) in [6.07, 6.45) is 3.12. The minimum Gasteiger partial charge on any atom is -0.314 e. The number of pyridine rings is 1. The number of rotatable bonds is 3. The summed E-state index contributed by atoms with van der Waals surface area (Å²) in [5.74, 6) is 0.787. The maximum absolute atomic E-state index is 4.40. The van der Waals surface area contributed by atoms with Crippen LogP contribution in [0.2, 0.25) is 0 Å². The zero-order chi connectivity index (χ0) is 9.80. The summed E-state index contributed by atoms with van der Waals surface area (Å²) in [6, 6.07) is 5.82. The Morgan fingerprint density at radius 1 is 1.43 bits per heavy atom. The van der Waals surface area contributed by atoms with Gasteiger partial charge in [0.1, 0.15) is 12.7 Å². The van der Waals surface area contributed by atoms with Crippen LogP contribution < -0.4 is 5.32 Å². The number of nitrogens with one attached hydrogen (secondary N) is 1. The van der Waals surface area contributed by atoms with E-state index in [0.717, 1.165) is 18.1 Å². The Bertz CT molecular complexity index is 395. The van der Waals surface area contributed by atoms with Crippen LogP contribution in [0.15, 0.2) is 30.9 Å². The van der Waals surface area contributed by atoms with E-state index in [4.69, 9.17) is 0 Å². The molecule has 0 atom stereocenters. The van der Waals surface area contributed by atoms with Gasteiger partial charge in [-0.3, -0.25) is 0 Å². The molecule has 5 nitrogen and oxygen atoms in total. The molecule has 0 aliphatic carbocycles. The van der Waals surface area contributed by atoms with Crippen molar-refractivity contribution >= 4 is 0 Å². The first-order valence-corrected chi connectivity index (χ1v) is 4.35. The van der Waals surface area contributed by atoms with Crippen molar-refractivity contribution in [2.45, 2.75) is 6.54 Å². The highest BCUT2D eigenvalue weighted by Crippen LogP contribution is 2.02. The van der Waals surface area contributed by atoms with Crippen molar-refractivity contribution in [3.63, 3.8) is 0 Å². The van der Waals surface area contributed by atoms with Crippen LogP contribution in [0.3, 0.4) is 0 Å². The topological polar surface area (TPSA) is 55.6 Å². The summed E-state index contributed by atoms with van der Waals surface area (Å²) in [5.41, 5.74) is 0.987. The summed E-state index contributed by atoms with van der Waals surface area (Å²) in [7, 11) is 1.89. The summed E-state index contributed by atoms with van der Waals surface area (Å²) in [6.45, 7) is 0.753. The first-order chi connectivity index (χ1) is 6.90. The molecule has 1 N–H and O–H groups in total. The molecule has 2 aromatic heterocycles. The van der Waals surface area contributed by atoms with E-state index >= 15 is 0 Å². The fraction of sp³-hybridized carbons (Fsp3) is 0.222. The van der Waals surface area contributed by atoms with E-state index in [1.165, 1.54) is 6.33 Å². The molecule has 0 spiro atoms. The second kappa shape index (κ2) is 3.97. The van der Waals surface area contributed by atoms with Crippen molar-refractivity contribution < 1.29 is 0 Å².